The van der Waals surface area contributed by atoms with E-state index in [-0.39, 0.29) is 11.7 Å². The lowest BCUT2D eigenvalue weighted by Gasteiger charge is -2.06. The van der Waals surface area contributed by atoms with E-state index in [0.717, 1.165) is 18.5 Å². The fraction of sp³-hybridized carbons (Fsp3) is 0.211. The molecular formula is C19H18FN3OS. The van der Waals surface area contributed by atoms with Gasteiger partial charge in [-0.2, -0.15) is 0 Å². The molecule has 0 atom stereocenters. The molecule has 0 radical (unpaired) electrons. The number of hydrogen-bond donors (Lipinski definition) is 1. The summed E-state index contributed by atoms with van der Waals surface area (Å²) in [5, 5.41) is 2.89. The predicted molar refractivity (Wildman–Crippen MR) is 97.1 cm³/mol. The molecule has 128 valence electrons. The van der Waals surface area contributed by atoms with Crippen LogP contribution in [-0.2, 0) is 6.42 Å². The zero-order chi connectivity index (χ0) is 17.6. The third kappa shape index (κ3) is 4.48. The third-order valence-corrected chi connectivity index (χ3v) is 4.85. The Morgan fingerprint density at radius 2 is 2.12 bits per heavy atom. The van der Waals surface area contributed by atoms with Crippen LogP contribution in [0.4, 0.5) is 4.39 Å². The molecule has 0 aliphatic heterocycles. The van der Waals surface area contributed by atoms with Gasteiger partial charge in [0.1, 0.15) is 5.82 Å². The second-order valence-electron chi connectivity index (χ2n) is 5.66. The van der Waals surface area contributed by atoms with Crippen LogP contribution in [0, 0.1) is 12.7 Å². The van der Waals surface area contributed by atoms with Crippen LogP contribution >= 0.6 is 11.3 Å². The van der Waals surface area contributed by atoms with Crippen LogP contribution in [0.2, 0.25) is 0 Å². The number of benzene rings is 1. The quantitative estimate of drug-likeness (QED) is 0.680. The molecule has 0 unspecified atom stereocenters. The third-order valence-electron chi connectivity index (χ3n) is 3.86. The van der Waals surface area contributed by atoms with E-state index in [1.807, 2.05) is 12.4 Å². The molecule has 0 aliphatic carbocycles. The van der Waals surface area contributed by atoms with E-state index in [1.165, 1.54) is 23.2 Å². The van der Waals surface area contributed by atoms with E-state index < -0.39 is 0 Å². The van der Waals surface area contributed by atoms with Gasteiger partial charge in [0.15, 0.2) is 0 Å². The molecule has 0 aliphatic rings. The van der Waals surface area contributed by atoms with Crippen LogP contribution < -0.4 is 5.32 Å². The second-order valence-corrected chi connectivity index (χ2v) is 6.60. The van der Waals surface area contributed by atoms with Crippen molar-refractivity contribution in [1.29, 1.82) is 0 Å². The van der Waals surface area contributed by atoms with Crippen LogP contribution in [-0.4, -0.2) is 22.4 Å². The monoisotopic (exact) mass is 355 g/mol. The largest absolute Gasteiger partial charge is 0.352 e. The maximum atomic E-state index is 13.3. The van der Waals surface area contributed by atoms with Gasteiger partial charge in [-0.1, -0.05) is 12.1 Å². The SMILES string of the molecule is Cc1ncsc1CCCNC(=O)c1ccc(-c2cccc(F)c2)nc1. The molecule has 2 aromatic heterocycles. The van der Waals surface area contributed by atoms with Crippen molar-refractivity contribution in [1.82, 2.24) is 15.3 Å². The summed E-state index contributed by atoms with van der Waals surface area (Å²) in [5.74, 6) is -0.461. The molecule has 0 bridgehead atoms. The number of thiazole rings is 1. The first-order valence-corrected chi connectivity index (χ1v) is 8.90. The number of halogens is 1. The Kier molecular flexibility index (Phi) is 5.50. The van der Waals surface area contributed by atoms with Crippen LogP contribution in [0.5, 0.6) is 0 Å². The summed E-state index contributed by atoms with van der Waals surface area (Å²) in [5.41, 5.74) is 4.72. The Bertz CT molecular complexity index is 861. The Balaban J connectivity index is 1.53. The molecule has 6 heteroatoms. The van der Waals surface area contributed by atoms with Gasteiger partial charge in [-0.25, -0.2) is 9.37 Å². The minimum atomic E-state index is -0.308. The van der Waals surface area contributed by atoms with Gasteiger partial charge in [-0.15, -0.1) is 11.3 Å². The molecule has 0 fully saturated rings. The summed E-state index contributed by atoms with van der Waals surface area (Å²) in [4.78, 5) is 21.9. The summed E-state index contributed by atoms with van der Waals surface area (Å²) in [6, 6.07) is 9.66. The molecule has 3 rings (SSSR count). The van der Waals surface area contributed by atoms with E-state index in [2.05, 4.69) is 15.3 Å². The summed E-state index contributed by atoms with van der Waals surface area (Å²) in [7, 11) is 0. The fourth-order valence-electron chi connectivity index (χ4n) is 2.47. The summed E-state index contributed by atoms with van der Waals surface area (Å²) in [6.45, 7) is 2.60. The normalized spacial score (nSPS) is 10.6. The smallest absolute Gasteiger partial charge is 0.252 e. The van der Waals surface area contributed by atoms with Gasteiger partial charge in [0.05, 0.1) is 22.5 Å². The van der Waals surface area contributed by atoms with Gasteiger partial charge in [-0.05, 0) is 44.0 Å². The first-order valence-electron chi connectivity index (χ1n) is 8.02. The first kappa shape index (κ1) is 17.2. The highest BCUT2D eigenvalue weighted by molar-refractivity contribution is 7.09. The number of carbonyl (C=O) groups is 1. The summed E-state index contributed by atoms with van der Waals surface area (Å²) in [6.07, 6.45) is 3.29. The molecule has 0 saturated heterocycles. The fourth-order valence-corrected chi connectivity index (χ4v) is 3.29. The highest BCUT2D eigenvalue weighted by Gasteiger charge is 2.08. The number of amides is 1. The minimum absolute atomic E-state index is 0.153. The standard InChI is InChI=1S/C19H18FN3OS/c1-13-18(25-12-23-13)6-3-9-21-19(24)15-7-8-17(22-11-15)14-4-2-5-16(20)10-14/h2,4-5,7-8,10-12H,3,6,9H2,1H3,(H,21,24). The van der Waals surface area contributed by atoms with Crippen molar-refractivity contribution in [2.45, 2.75) is 19.8 Å². The Morgan fingerprint density at radius 3 is 2.80 bits per heavy atom. The summed E-state index contributed by atoms with van der Waals surface area (Å²) < 4.78 is 13.3. The second kappa shape index (κ2) is 7.98. The molecule has 0 spiro atoms. The number of aromatic nitrogens is 2. The molecule has 0 saturated carbocycles. The lowest BCUT2D eigenvalue weighted by atomic mass is 10.1. The number of carbonyl (C=O) groups excluding carboxylic acids is 1. The zero-order valence-corrected chi connectivity index (χ0v) is 14.6. The first-order chi connectivity index (χ1) is 12.1. The lowest BCUT2D eigenvalue weighted by molar-refractivity contribution is 0.0953. The predicted octanol–water partition coefficient (Wildman–Crippen LogP) is 4.02. The zero-order valence-electron chi connectivity index (χ0n) is 13.8. The number of pyridine rings is 1. The average Bonchev–Trinajstić information content (AvgIpc) is 3.04. The van der Waals surface area contributed by atoms with Crippen molar-refractivity contribution in [2.24, 2.45) is 0 Å². The Morgan fingerprint density at radius 1 is 1.24 bits per heavy atom. The Labute approximate surface area is 149 Å². The van der Waals surface area contributed by atoms with Gasteiger partial charge in [0.2, 0.25) is 0 Å². The van der Waals surface area contributed by atoms with Gasteiger partial charge < -0.3 is 5.32 Å². The lowest BCUT2D eigenvalue weighted by Crippen LogP contribution is -2.24. The molecule has 1 aromatic carbocycles. The van der Waals surface area contributed by atoms with Gasteiger partial charge in [0, 0.05) is 23.2 Å². The van der Waals surface area contributed by atoms with E-state index in [0.29, 0.717) is 23.4 Å². The van der Waals surface area contributed by atoms with E-state index >= 15 is 0 Å². The molecular weight excluding hydrogens is 337 g/mol. The van der Waals surface area contributed by atoms with Crippen molar-refractivity contribution in [3.8, 4) is 11.3 Å². The Hall–Kier alpha value is -2.60. The van der Waals surface area contributed by atoms with Crippen molar-refractivity contribution < 1.29 is 9.18 Å². The molecule has 1 amide bonds. The molecule has 2 heterocycles. The van der Waals surface area contributed by atoms with E-state index in [4.69, 9.17) is 0 Å². The van der Waals surface area contributed by atoms with E-state index in [9.17, 15) is 9.18 Å². The minimum Gasteiger partial charge on any atom is -0.352 e. The van der Waals surface area contributed by atoms with Crippen LogP contribution in [0.15, 0.2) is 48.1 Å². The van der Waals surface area contributed by atoms with Crippen molar-refractivity contribution in [2.75, 3.05) is 6.54 Å². The molecule has 25 heavy (non-hydrogen) atoms. The number of nitrogens with one attached hydrogen (secondary N) is 1. The van der Waals surface area contributed by atoms with E-state index in [1.54, 1.807) is 35.6 Å². The number of nitrogens with zero attached hydrogens (tertiary/aromatic N) is 2. The summed E-state index contributed by atoms with van der Waals surface area (Å²) >= 11 is 1.64. The number of aryl methyl sites for hydroxylation is 2. The van der Waals surface area contributed by atoms with Crippen LogP contribution in [0.1, 0.15) is 27.3 Å². The topological polar surface area (TPSA) is 54.9 Å². The molecule has 4 nitrogen and oxygen atoms in total. The number of rotatable bonds is 6. The van der Waals surface area contributed by atoms with Crippen molar-refractivity contribution >= 4 is 17.2 Å². The van der Waals surface area contributed by atoms with Gasteiger partial charge in [-0.3, -0.25) is 9.78 Å². The highest BCUT2D eigenvalue weighted by atomic mass is 32.1. The average molecular weight is 355 g/mol. The van der Waals surface area contributed by atoms with Gasteiger partial charge in [0.25, 0.3) is 5.91 Å². The molecule has 1 N–H and O–H groups in total. The maximum Gasteiger partial charge on any atom is 0.252 e. The highest BCUT2D eigenvalue weighted by Crippen LogP contribution is 2.18. The number of hydrogen-bond acceptors (Lipinski definition) is 4. The van der Waals surface area contributed by atoms with Crippen LogP contribution in [0.3, 0.4) is 0 Å². The van der Waals surface area contributed by atoms with Gasteiger partial charge >= 0.3 is 0 Å². The van der Waals surface area contributed by atoms with Crippen molar-refractivity contribution in [3.05, 3.63) is 70.1 Å². The van der Waals surface area contributed by atoms with Crippen LogP contribution in [0.25, 0.3) is 11.3 Å². The molecule has 3 aromatic rings. The maximum absolute atomic E-state index is 13.3. The van der Waals surface area contributed by atoms with Crippen molar-refractivity contribution in [3.63, 3.8) is 0 Å².